The summed E-state index contributed by atoms with van der Waals surface area (Å²) in [5.74, 6) is -0.00151. The zero-order valence-corrected chi connectivity index (χ0v) is 20.1. The van der Waals surface area contributed by atoms with E-state index in [-0.39, 0.29) is 23.1 Å². The largest absolute Gasteiger partial charge is 0.484 e. The van der Waals surface area contributed by atoms with E-state index in [4.69, 9.17) is 32.7 Å². The molecule has 0 radical (unpaired) electrons. The number of halogens is 2. The maximum Gasteiger partial charge on any atom is 0.345 e. The Balaban J connectivity index is 1.44. The summed E-state index contributed by atoms with van der Waals surface area (Å²) in [5, 5.41) is 4.56. The number of nitrogens with zero attached hydrogens (tertiary/aromatic N) is 1. The van der Waals surface area contributed by atoms with E-state index in [1.807, 2.05) is 24.3 Å². The summed E-state index contributed by atoms with van der Waals surface area (Å²) < 4.78 is 10.8. The van der Waals surface area contributed by atoms with Gasteiger partial charge in [-0.2, -0.15) is 5.10 Å². The highest BCUT2D eigenvalue weighted by molar-refractivity contribution is 6.36. The third-order valence-electron chi connectivity index (χ3n) is 4.76. The molecule has 1 amide bonds. The lowest BCUT2D eigenvalue weighted by molar-refractivity contribution is -0.123. The molecule has 0 aliphatic carbocycles. The van der Waals surface area contributed by atoms with Crippen molar-refractivity contribution in [2.45, 2.75) is 26.2 Å². The van der Waals surface area contributed by atoms with E-state index >= 15 is 0 Å². The summed E-state index contributed by atoms with van der Waals surface area (Å²) in [6.45, 7) is 2.01. The third kappa shape index (κ3) is 7.90. The first-order chi connectivity index (χ1) is 16.4. The van der Waals surface area contributed by atoms with Gasteiger partial charge in [0.15, 0.2) is 6.61 Å². The van der Waals surface area contributed by atoms with Crippen LogP contribution in [0.3, 0.4) is 0 Å². The first-order valence-corrected chi connectivity index (χ1v) is 11.5. The van der Waals surface area contributed by atoms with Crippen LogP contribution in [0.15, 0.2) is 71.8 Å². The molecule has 3 rings (SSSR count). The Bertz CT molecular complexity index is 1150. The highest BCUT2D eigenvalue weighted by Crippen LogP contribution is 2.23. The van der Waals surface area contributed by atoms with Gasteiger partial charge in [-0.25, -0.2) is 10.2 Å². The number of nitrogens with one attached hydrogen (secondary N) is 1. The SMILES string of the molecule is CCCCc1ccc(OCC(=O)NN=Cc2ccc(OC(=O)c3ccc(Cl)cc3Cl)cc2)cc1. The Morgan fingerprint density at radius 2 is 1.68 bits per heavy atom. The van der Waals surface area contributed by atoms with Crippen LogP contribution in [0.2, 0.25) is 10.0 Å². The van der Waals surface area contributed by atoms with Gasteiger partial charge in [0.2, 0.25) is 0 Å². The number of rotatable bonds is 10. The Morgan fingerprint density at radius 3 is 2.35 bits per heavy atom. The molecule has 6 nitrogen and oxygen atoms in total. The number of hydrazone groups is 1. The molecule has 0 fully saturated rings. The molecule has 0 aliphatic heterocycles. The summed E-state index contributed by atoms with van der Waals surface area (Å²) in [6, 6.07) is 18.9. The van der Waals surface area contributed by atoms with Crippen molar-refractivity contribution >= 4 is 41.3 Å². The van der Waals surface area contributed by atoms with Crippen LogP contribution in [0.1, 0.15) is 41.3 Å². The fourth-order valence-electron chi connectivity index (χ4n) is 2.93. The van der Waals surface area contributed by atoms with Crippen LogP contribution in [-0.2, 0) is 11.2 Å². The molecule has 3 aromatic rings. The molecule has 0 aliphatic rings. The second-order valence-electron chi connectivity index (χ2n) is 7.41. The minimum Gasteiger partial charge on any atom is -0.484 e. The molecule has 0 saturated carbocycles. The highest BCUT2D eigenvalue weighted by Gasteiger charge is 2.13. The quantitative estimate of drug-likeness (QED) is 0.159. The van der Waals surface area contributed by atoms with Crippen LogP contribution in [0.4, 0.5) is 0 Å². The monoisotopic (exact) mass is 498 g/mol. The van der Waals surface area contributed by atoms with E-state index < -0.39 is 5.97 Å². The topological polar surface area (TPSA) is 77.0 Å². The maximum absolute atomic E-state index is 12.3. The van der Waals surface area contributed by atoms with Gasteiger partial charge in [-0.3, -0.25) is 4.79 Å². The number of esters is 1. The van der Waals surface area contributed by atoms with Crippen molar-refractivity contribution in [2.24, 2.45) is 5.10 Å². The molecule has 0 aromatic heterocycles. The molecular formula is C26H24Cl2N2O4. The van der Waals surface area contributed by atoms with Gasteiger partial charge in [-0.05, 0) is 78.6 Å². The molecule has 176 valence electrons. The number of hydrogen-bond acceptors (Lipinski definition) is 5. The van der Waals surface area contributed by atoms with Crippen LogP contribution in [0.25, 0.3) is 0 Å². The van der Waals surface area contributed by atoms with Crippen molar-refractivity contribution in [3.8, 4) is 11.5 Å². The number of ether oxygens (including phenoxy) is 2. The molecule has 0 atom stereocenters. The van der Waals surface area contributed by atoms with Gasteiger partial charge in [0.25, 0.3) is 5.91 Å². The van der Waals surface area contributed by atoms with Crippen molar-refractivity contribution in [1.82, 2.24) is 5.43 Å². The first-order valence-electron chi connectivity index (χ1n) is 10.8. The predicted octanol–water partition coefficient (Wildman–Crippen LogP) is 6.08. The molecule has 0 saturated heterocycles. The molecule has 0 heterocycles. The number of hydrogen-bond donors (Lipinski definition) is 1. The maximum atomic E-state index is 12.3. The number of unbranched alkanes of at least 4 members (excludes halogenated alkanes) is 1. The first kappa shape index (κ1) is 25.3. The number of amides is 1. The second kappa shape index (κ2) is 12.8. The van der Waals surface area contributed by atoms with Gasteiger partial charge < -0.3 is 9.47 Å². The Labute approximate surface area is 208 Å². The van der Waals surface area contributed by atoms with Crippen molar-refractivity contribution < 1.29 is 19.1 Å². The Kier molecular flexibility index (Phi) is 9.50. The zero-order chi connectivity index (χ0) is 24.3. The summed E-state index contributed by atoms with van der Waals surface area (Å²) in [4.78, 5) is 24.2. The smallest absolute Gasteiger partial charge is 0.345 e. The van der Waals surface area contributed by atoms with Crippen LogP contribution < -0.4 is 14.9 Å². The number of benzene rings is 3. The van der Waals surface area contributed by atoms with Crippen LogP contribution in [-0.4, -0.2) is 24.7 Å². The van der Waals surface area contributed by atoms with E-state index in [1.54, 1.807) is 30.3 Å². The van der Waals surface area contributed by atoms with Gasteiger partial charge in [-0.15, -0.1) is 0 Å². The van der Waals surface area contributed by atoms with Crippen molar-refractivity contribution in [3.63, 3.8) is 0 Å². The fourth-order valence-corrected chi connectivity index (χ4v) is 3.42. The molecule has 1 N–H and O–H groups in total. The van der Waals surface area contributed by atoms with Crippen molar-refractivity contribution in [2.75, 3.05) is 6.61 Å². The van der Waals surface area contributed by atoms with Crippen molar-refractivity contribution in [1.29, 1.82) is 0 Å². The predicted molar refractivity (Wildman–Crippen MR) is 134 cm³/mol. The van der Waals surface area contributed by atoms with Gasteiger partial charge in [-0.1, -0.05) is 48.7 Å². The Hall–Kier alpha value is -3.35. The number of aryl methyl sites for hydroxylation is 1. The summed E-state index contributed by atoms with van der Waals surface area (Å²) >= 11 is 11.9. The number of carbonyl (C=O) groups excluding carboxylic acids is 2. The van der Waals surface area contributed by atoms with Crippen LogP contribution in [0, 0.1) is 0 Å². The molecule has 8 heteroatoms. The lowest BCUT2D eigenvalue weighted by Crippen LogP contribution is -2.24. The minimum atomic E-state index is -0.592. The lowest BCUT2D eigenvalue weighted by atomic mass is 10.1. The summed E-state index contributed by atoms with van der Waals surface area (Å²) in [5.41, 5.74) is 4.58. The van der Waals surface area contributed by atoms with E-state index in [0.29, 0.717) is 22.1 Å². The second-order valence-corrected chi connectivity index (χ2v) is 8.26. The highest BCUT2D eigenvalue weighted by atomic mass is 35.5. The summed E-state index contributed by atoms with van der Waals surface area (Å²) in [6.07, 6.45) is 4.80. The standard InChI is InChI=1S/C26H24Cl2N2O4/c1-2-3-4-18-5-10-21(11-6-18)33-17-25(31)30-29-16-19-7-12-22(13-8-19)34-26(32)23-14-9-20(27)15-24(23)28/h5-16H,2-4,17H2,1H3,(H,30,31). The number of carbonyl (C=O) groups is 2. The molecule has 0 unspecified atom stereocenters. The fraction of sp³-hybridized carbons (Fsp3) is 0.192. The van der Waals surface area contributed by atoms with Crippen LogP contribution >= 0.6 is 23.2 Å². The van der Waals surface area contributed by atoms with Crippen molar-refractivity contribution in [3.05, 3.63) is 93.5 Å². The van der Waals surface area contributed by atoms with Gasteiger partial charge in [0, 0.05) is 5.02 Å². The molecule has 0 bridgehead atoms. The molecule has 3 aromatic carbocycles. The summed E-state index contributed by atoms with van der Waals surface area (Å²) in [7, 11) is 0. The average Bonchev–Trinajstić information content (AvgIpc) is 2.83. The van der Waals surface area contributed by atoms with E-state index in [2.05, 4.69) is 17.5 Å². The minimum absolute atomic E-state index is 0.145. The normalized spacial score (nSPS) is 10.8. The lowest BCUT2D eigenvalue weighted by Gasteiger charge is -2.07. The van der Waals surface area contributed by atoms with Gasteiger partial charge >= 0.3 is 5.97 Å². The van der Waals surface area contributed by atoms with Crippen LogP contribution in [0.5, 0.6) is 11.5 Å². The van der Waals surface area contributed by atoms with Gasteiger partial charge in [0.1, 0.15) is 11.5 Å². The van der Waals surface area contributed by atoms with E-state index in [1.165, 1.54) is 23.9 Å². The molecule has 34 heavy (non-hydrogen) atoms. The van der Waals surface area contributed by atoms with Gasteiger partial charge in [0.05, 0.1) is 16.8 Å². The third-order valence-corrected chi connectivity index (χ3v) is 5.30. The zero-order valence-electron chi connectivity index (χ0n) is 18.6. The molecule has 0 spiro atoms. The average molecular weight is 499 g/mol. The Morgan fingerprint density at radius 1 is 0.971 bits per heavy atom. The van der Waals surface area contributed by atoms with E-state index in [9.17, 15) is 9.59 Å². The van der Waals surface area contributed by atoms with E-state index in [0.717, 1.165) is 19.3 Å². The molecular weight excluding hydrogens is 475 g/mol.